The Hall–Kier alpha value is -2.76. The quantitative estimate of drug-likeness (QED) is 0.901. The zero-order valence-electron chi connectivity index (χ0n) is 13.8. The van der Waals surface area contributed by atoms with Crippen molar-refractivity contribution >= 4 is 6.09 Å². The van der Waals surface area contributed by atoms with E-state index in [1.165, 1.54) is 12.8 Å². The Bertz CT molecular complexity index is 771. The lowest BCUT2D eigenvalue weighted by Gasteiger charge is -2.25. The van der Waals surface area contributed by atoms with E-state index in [-0.39, 0.29) is 6.10 Å². The molecule has 0 saturated heterocycles. The Kier molecular flexibility index (Phi) is 4.17. The molecule has 1 atom stereocenters. The van der Waals surface area contributed by atoms with Gasteiger partial charge in [0.15, 0.2) is 0 Å². The van der Waals surface area contributed by atoms with E-state index in [1.807, 2.05) is 30.3 Å². The van der Waals surface area contributed by atoms with Gasteiger partial charge < -0.3 is 19.9 Å². The van der Waals surface area contributed by atoms with Gasteiger partial charge in [-0.3, -0.25) is 0 Å². The number of hydrogen-bond acceptors (Lipinski definition) is 5. The lowest BCUT2D eigenvalue weighted by atomic mass is 9.98. The van der Waals surface area contributed by atoms with Gasteiger partial charge in [0.1, 0.15) is 11.9 Å². The molecule has 130 valence electrons. The van der Waals surface area contributed by atoms with Crippen molar-refractivity contribution in [1.29, 1.82) is 0 Å². The van der Waals surface area contributed by atoms with Crippen LogP contribution in [0.5, 0.6) is 11.6 Å². The normalized spacial score (nSPS) is 18.8. The number of aromatic nitrogens is 1. The average Bonchev–Trinajstić information content (AvgIpc) is 3.44. The number of nitrogens with zero attached hydrogens (tertiary/aromatic N) is 1. The first-order valence-corrected chi connectivity index (χ1v) is 8.51. The summed E-state index contributed by atoms with van der Waals surface area (Å²) < 4.78 is 16.5. The van der Waals surface area contributed by atoms with Gasteiger partial charge in [-0.25, -0.2) is 9.78 Å². The van der Waals surface area contributed by atoms with Crippen LogP contribution in [0.15, 0.2) is 36.5 Å². The van der Waals surface area contributed by atoms with E-state index >= 15 is 0 Å². The molecule has 2 heterocycles. The predicted molar refractivity (Wildman–Crippen MR) is 91.4 cm³/mol. The third-order valence-electron chi connectivity index (χ3n) is 4.49. The van der Waals surface area contributed by atoms with Crippen LogP contribution in [0.2, 0.25) is 0 Å². The second-order valence-electron chi connectivity index (χ2n) is 6.45. The van der Waals surface area contributed by atoms with E-state index in [0.717, 1.165) is 23.3 Å². The number of rotatable bonds is 5. The number of fused-ring (bicyclic) bond motifs is 1. The van der Waals surface area contributed by atoms with E-state index in [9.17, 15) is 4.79 Å². The number of hydrogen-bond donors (Lipinski definition) is 1. The van der Waals surface area contributed by atoms with Crippen LogP contribution in [0.1, 0.15) is 30.9 Å². The van der Waals surface area contributed by atoms with Crippen LogP contribution in [0.4, 0.5) is 4.79 Å². The Balaban J connectivity index is 1.51. The first kappa shape index (κ1) is 15.7. The molecule has 25 heavy (non-hydrogen) atoms. The Morgan fingerprint density at radius 3 is 2.76 bits per heavy atom. The monoisotopic (exact) mass is 340 g/mol. The number of benzene rings is 1. The van der Waals surface area contributed by atoms with Crippen molar-refractivity contribution in [2.45, 2.75) is 25.4 Å². The van der Waals surface area contributed by atoms with Crippen LogP contribution in [0, 0.1) is 5.92 Å². The molecule has 1 aromatic heterocycles. The number of amides is 1. The summed E-state index contributed by atoms with van der Waals surface area (Å²) in [5, 5.41) is 0. The number of ether oxygens (including phenoxy) is 3. The Morgan fingerprint density at radius 2 is 2.04 bits per heavy atom. The molecule has 1 unspecified atom stereocenters. The van der Waals surface area contributed by atoms with Gasteiger partial charge in [-0.1, -0.05) is 12.1 Å². The molecule has 1 amide bonds. The molecular weight excluding hydrogens is 320 g/mol. The Labute approximate surface area is 145 Å². The van der Waals surface area contributed by atoms with Crippen molar-refractivity contribution in [3.8, 4) is 22.8 Å². The highest BCUT2D eigenvalue weighted by atomic mass is 16.6. The van der Waals surface area contributed by atoms with Crippen molar-refractivity contribution in [2.24, 2.45) is 11.7 Å². The maximum absolute atomic E-state index is 11.0. The molecule has 1 aliphatic carbocycles. The molecule has 0 radical (unpaired) electrons. The molecule has 2 N–H and O–H groups in total. The minimum atomic E-state index is -0.770. The third-order valence-corrected chi connectivity index (χ3v) is 4.49. The van der Waals surface area contributed by atoms with Gasteiger partial charge in [0, 0.05) is 29.8 Å². The topological polar surface area (TPSA) is 83.7 Å². The molecule has 0 bridgehead atoms. The van der Waals surface area contributed by atoms with Gasteiger partial charge in [0.05, 0.1) is 13.2 Å². The van der Waals surface area contributed by atoms with Crippen LogP contribution in [-0.4, -0.2) is 24.3 Å². The van der Waals surface area contributed by atoms with Crippen LogP contribution >= 0.6 is 0 Å². The zero-order chi connectivity index (χ0) is 17.2. The predicted octanol–water partition coefficient (Wildman–Crippen LogP) is 3.46. The van der Waals surface area contributed by atoms with Crippen molar-refractivity contribution in [3.63, 3.8) is 0 Å². The number of pyridine rings is 1. The van der Waals surface area contributed by atoms with E-state index in [1.54, 1.807) is 6.20 Å². The molecule has 1 saturated carbocycles. The fraction of sp³-hybridized carbons (Fsp3) is 0.368. The van der Waals surface area contributed by atoms with Crippen molar-refractivity contribution in [1.82, 2.24) is 4.98 Å². The molecule has 1 aliphatic heterocycles. The number of carbonyl (C=O) groups excluding carboxylic acids is 1. The van der Waals surface area contributed by atoms with Crippen LogP contribution in [0.25, 0.3) is 11.1 Å². The van der Waals surface area contributed by atoms with Gasteiger partial charge >= 0.3 is 6.09 Å². The van der Waals surface area contributed by atoms with Gasteiger partial charge in [-0.15, -0.1) is 0 Å². The maximum Gasteiger partial charge on any atom is 0.405 e. The average molecular weight is 340 g/mol. The van der Waals surface area contributed by atoms with E-state index in [2.05, 4.69) is 4.98 Å². The van der Waals surface area contributed by atoms with Crippen LogP contribution < -0.4 is 15.2 Å². The fourth-order valence-electron chi connectivity index (χ4n) is 2.92. The Morgan fingerprint density at radius 1 is 1.20 bits per heavy atom. The standard InChI is InChI=1S/C19H20N2O4/c20-19(22)25-16-7-8-23-17-9-13(3-5-15(16)17)14-4-6-18(21-10-14)24-11-12-1-2-12/h3-6,9-10,12,16H,1-2,7-8,11H2,(H2,20,22). The lowest BCUT2D eigenvalue weighted by Crippen LogP contribution is -2.22. The number of primary amides is 1. The highest BCUT2D eigenvalue weighted by Crippen LogP contribution is 2.37. The largest absolute Gasteiger partial charge is 0.493 e. The number of nitrogens with two attached hydrogens (primary N) is 1. The molecule has 0 spiro atoms. The second kappa shape index (κ2) is 6.63. The van der Waals surface area contributed by atoms with Crippen LogP contribution in [0.3, 0.4) is 0 Å². The molecule has 4 rings (SSSR count). The molecule has 2 aromatic rings. The smallest absolute Gasteiger partial charge is 0.405 e. The summed E-state index contributed by atoms with van der Waals surface area (Å²) in [5.41, 5.74) is 7.94. The highest BCUT2D eigenvalue weighted by Gasteiger charge is 2.25. The summed E-state index contributed by atoms with van der Waals surface area (Å²) in [6, 6.07) is 9.68. The van der Waals surface area contributed by atoms with Gasteiger partial charge in [0.25, 0.3) is 0 Å². The molecule has 6 nitrogen and oxygen atoms in total. The van der Waals surface area contributed by atoms with Crippen molar-refractivity contribution < 1.29 is 19.0 Å². The molecule has 2 aliphatic rings. The second-order valence-corrected chi connectivity index (χ2v) is 6.45. The molecular formula is C19H20N2O4. The first-order valence-electron chi connectivity index (χ1n) is 8.51. The van der Waals surface area contributed by atoms with E-state index in [4.69, 9.17) is 19.9 Å². The summed E-state index contributed by atoms with van der Waals surface area (Å²) in [6.07, 6.45) is 3.79. The number of carbonyl (C=O) groups is 1. The molecule has 1 fully saturated rings. The van der Waals surface area contributed by atoms with Crippen LogP contribution in [-0.2, 0) is 4.74 Å². The summed E-state index contributed by atoms with van der Waals surface area (Å²) in [6.45, 7) is 1.24. The minimum Gasteiger partial charge on any atom is -0.493 e. The van der Waals surface area contributed by atoms with Crippen molar-refractivity contribution in [2.75, 3.05) is 13.2 Å². The molecule has 6 heteroatoms. The van der Waals surface area contributed by atoms with E-state index < -0.39 is 6.09 Å². The lowest BCUT2D eigenvalue weighted by molar-refractivity contribution is 0.0766. The zero-order valence-corrected chi connectivity index (χ0v) is 13.8. The van der Waals surface area contributed by atoms with E-state index in [0.29, 0.717) is 30.6 Å². The summed E-state index contributed by atoms with van der Waals surface area (Å²) in [5.74, 6) is 2.07. The third kappa shape index (κ3) is 3.68. The van der Waals surface area contributed by atoms with Gasteiger partial charge in [-0.2, -0.15) is 0 Å². The summed E-state index contributed by atoms with van der Waals surface area (Å²) in [7, 11) is 0. The van der Waals surface area contributed by atoms with Crippen molar-refractivity contribution in [3.05, 3.63) is 42.1 Å². The minimum absolute atomic E-state index is 0.355. The summed E-state index contributed by atoms with van der Waals surface area (Å²) in [4.78, 5) is 15.4. The van der Waals surface area contributed by atoms with Gasteiger partial charge in [-0.05, 0) is 36.5 Å². The fourth-order valence-corrected chi connectivity index (χ4v) is 2.92. The summed E-state index contributed by atoms with van der Waals surface area (Å²) >= 11 is 0. The van der Waals surface area contributed by atoms with Gasteiger partial charge in [0.2, 0.25) is 5.88 Å². The first-order chi connectivity index (χ1) is 12.2. The molecule has 1 aromatic carbocycles. The highest BCUT2D eigenvalue weighted by molar-refractivity contribution is 5.67. The maximum atomic E-state index is 11.0. The SMILES string of the molecule is NC(=O)OC1CCOc2cc(-c3ccc(OCC4CC4)nc3)ccc21.